The van der Waals surface area contributed by atoms with Crippen molar-refractivity contribution in [3.05, 3.63) is 134 Å². The molecule has 0 fully saturated rings. The summed E-state index contributed by atoms with van der Waals surface area (Å²) in [6, 6.07) is -0.552. The fourth-order valence-electron chi connectivity index (χ4n) is 8.60. The average molecular weight is 995 g/mol. The van der Waals surface area contributed by atoms with Crippen molar-refractivity contribution < 1.29 is 15.0 Å². The Balaban J connectivity index is 3.62. The number of hydrogen-bond donors (Lipinski definition) is 3. The number of carbonyl (C=O) groups excluding carboxylic acids is 1. The van der Waals surface area contributed by atoms with Crippen LogP contribution in [0.2, 0.25) is 0 Å². The van der Waals surface area contributed by atoms with Crippen molar-refractivity contribution in [2.45, 2.75) is 283 Å². The summed E-state index contributed by atoms with van der Waals surface area (Å²) in [4.78, 5) is 12.5. The van der Waals surface area contributed by atoms with Crippen LogP contribution < -0.4 is 5.32 Å². The summed E-state index contributed by atoms with van der Waals surface area (Å²) >= 11 is 0. The van der Waals surface area contributed by atoms with E-state index in [1.54, 1.807) is 0 Å². The van der Waals surface area contributed by atoms with Crippen LogP contribution in [0.5, 0.6) is 0 Å². The summed E-state index contributed by atoms with van der Waals surface area (Å²) in [5.41, 5.74) is 0. The molecule has 0 saturated carbocycles. The van der Waals surface area contributed by atoms with Gasteiger partial charge in [0.2, 0.25) is 5.91 Å². The van der Waals surface area contributed by atoms with Gasteiger partial charge in [-0.1, -0.05) is 302 Å². The Morgan fingerprint density at radius 3 is 0.917 bits per heavy atom. The maximum Gasteiger partial charge on any atom is 0.220 e. The zero-order valence-electron chi connectivity index (χ0n) is 47.2. The van der Waals surface area contributed by atoms with Gasteiger partial charge >= 0.3 is 0 Å². The van der Waals surface area contributed by atoms with Crippen molar-refractivity contribution >= 4 is 5.91 Å². The minimum absolute atomic E-state index is 0.0458. The molecule has 4 nitrogen and oxygen atoms in total. The van der Waals surface area contributed by atoms with Crippen LogP contribution in [0.1, 0.15) is 271 Å². The van der Waals surface area contributed by atoms with Gasteiger partial charge in [-0.15, -0.1) is 0 Å². The standard InChI is InChI=1S/C68H115NO3/c1-3-5-7-9-11-13-15-17-19-21-23-24-25-26-27-28-29-30-31-32-33-34-35-36-37-38-39-40-41-42-43-44-46-48-50-52-54-56-58-60-62-64-68(72)69-66(65-70)67(71)63-61-59-57-55-53-51-49-47-45-22-20-18-16-14-12-10-8-6-4-2/h5,7,11,13,17,19,23-24,26-27,29-30,32-33,35-36,38-39,41-42,44,46,66-67,70-71H,3-4,6,8-10,12,14-16,18,20-22,25,28,31,34,37,40,43,45,47-65H2,1-2H3,(H,69,72)/b7-5-,13-11-,19-17-,24-23-,27-26-,30-29-,33-32-,36-35-,39-38-,42-41-,46-44-. The van der Waals surface area contributed by atoms with E-state index in [-0.39, 0.29) is 12.5 Å². The second-order valence-corrected chi connectivity index (χ2v) is 20.0. The predicted octanol–water partition coefficient (Wildman–Crippen LogP) is 20.6. The van der Waals surface area contributed by atoms with Crippen molar-refractivity contribution in [3.8, 4) is 0 Å². The lowest BCUT2D eigenvalue weighted by Gasteiger charge is -2.22. The molecule has 0 rings (SSSR count). The highest BCUT2D eigenvalue weighted by atomic mass is 16.3. The van der Waals surface area contributed by atoms with Gasteiger partial charge in [-0.25, -0.2) is 0 Å². The fraction of sp³-hybridized carbons (Fsp3) is 0.662. The Hall–Kier alpha value is -3.47. The molecular formula is C68H115NO3. The number of nitrogens with one attached hydrogen (secondary N) is 1. The van der Waals surface area contributed by atoms with E-state index in [0.717, 1.165) is 109 Å². The van der Waals surface area contributed by atoms with Gasteiger partial charge in [0.1, 0.15) is 0 Å². The Labute approximate surface area is 447 Å². The number of aliphatic hydroxyl groups is 2. The Kier molecular flexibility index (Phi) is 58.8. The zero-order chi connectivity index (χ0) is 52.0. The number of hydrogen-bond acceptors (Lipinski definition) is 3. The van der Waals surface area contributed by atoms with Gasteiger partial charge in [0.25, 0.3) is 0 Å². The molecule has 1 amide bonds. The van der Waals surface area contributed by atoms with E-state index in [0.29, 0.717) is 12.8 Å². The first-order chi connectivity index (χ1) is 35.7. The van der Waals surface area contributed by atoms with Crippen LogP contribution in [0.25, 0.3) is 0 Å². The zero-order valence-corrected chi connectivity index (χ0v) is 47.2. The van der Waals surface area contributed by atoms with Crippen LogP contribution in [0, 0.1) is 0 Å². The number of rotatable bonds is 54. The molecular weight excluding hydrogens is 879 g/mol. The normalized spacial score (nSPS) is 13.8. The summed E-state index contributed by atoms with van der Waals surface area (Å²) in [7, 11) is 0. The molecule has 0 aliphatic rings. The molecule has 0 aromatic rings. The van der Waals surface area contributed by atoms with Crippen LogP contribution in [-0.2, 0) is 4.79 Å². The Morgan fingerprint density at radius 1 is 0.347 bits per heavy atom. The third-order valence-electron chi connectivity index (χ3n) is 13.2. The number of carbonyl (C=O) groups is 1. The van der Waals surface area contributed by atoms with Crippen molar-refractivity contribution in [2.24, 2.45) is 0 Å². The first-order valence-electron chi connectivity index (χ1n) is 30.4. The van der Waals surface area contributed by atoms with Crippen LogP contribution in [0.3, 0.4) is 0 Å². The average Bonchev–Trinajstić information content (AvgIpc) is 3.39. The van der Waals surface area contributed by atoms with E-state index in [4.69, 9.17) is 0 Å². The van der Waals surface area contributed by atoms with Gasteiger partial charge < -0.3 is 15.5 Å². The summed E-state index contributed by atoms with van der Waals surface area (Å²) in [5.74, 6) is -0.0458. The van der Waals surface area contributed by atoms with Gasteiger partial charge in [-0.05, 0) is 96.3 Å². The quantitative estimate of drug-likeness (QED) is 0.0420. The second-order valence-electron chi connectivity index (χ2n) is 20.0. The molecule has 4 heteroatoms. The molecule has 0 aromatic heterocycles. The topological polar surface area (TPSA) is 69.6 Å². The minimum atomic E-state index is -0.674. The van der Waals surface area contributed by atoms with Crippen molar-refractivity contribution in [3.63, 3.8) is 0 Å². The second kappa shape index (κ2) is 61.8. The SMILES string of the molecule is CC/C=C\C/C=C\C/C=C\C/C=C\C/C=C\C/C=C\C/C=C\C/C=C\C/C=C\C/C=C\C/C=C\CCCCCCCCCC(=O)NC(CO)C(O)CCCCCCCCCCCCCCCCCCCCC. The molecule has 410 valence electrons. The third kappa shape index (κ3) is 57.4. The molecule has 72 heavy (non-hydrogen) atoms. The summed E-state index contributed by atoms with van der Waals surface area (Å²) in [6.07, 6.45) is 95.8. The monoisotopic (exact) mass is 994 g/mol. The highest BCUT2D eigenvalue weighted by molar-refractivity contribution is 5.76. The molecule has 0 aliphatic heterocycles. The van der Waals surface area contributed by atoms with E-state index in [2.05, 4.69) is 153 Å². The van der Waals surface area contributed by atoms with E-state index < -0.39 is 12.1 Å². The Morgan fingerprint density at radius 2 is 0.611 bits per heavy atom. The van der Waals surface area contributed by atoms with Gasteiger partial charge in [0.15, 0.2) is 0 Å². The molecule has 2 unspecified atom stereocenters. The van der Waals surface area contributed by atoms with Crippen molar-refractivity contribution in [2.75, 3.05) is 6.61 Å². The number of unbranched alkanes of at least 4 members (excludes halogenated alkanes) is 25. The van der Waals surface area contributed by atoms with Crippen molar-refractivity contribution in [1.29, 1.82) is 0 Å². The molecule has 0 spiro atoms. The maximum atomic E-state index is 12.5. The van der Waals surface area contributed by atoms with Gasteiger partial charge in [0.05, 0.1) is 18.8 Å². The molecule has 0 radical (unpaired) electrons. The summed E-state index contributed by atoms with van der Waals surface area (Å²) in [5, 5.41) is 23.3. The summed E-state index contributed by atoms with van der Waals surface area (Å²) in [6.45, 7) is 4.25. The van der Waals surface area contributed by atoms with E-state index in [1.165, 1.54) is 135 Å². The smallest absolute Gasteiger partial charge is 0.220 e. The van der Waals surface area contributed by atoms with Gasteiger partial charge in [-0.3, -0.25) is 4.79 Å². The van der Waals surface area contributed by atoms with Gasteiger partial charge in [-0.2, -0.15) is 0 Å². The molecule has 2 atom stereocenters. The minimum Gasteiger partial charge on any atom is -0.394 e. The first kappa shape index (κ1) is 68.5. The fourth-order valence-corrected chi connectivity index (χ4v) is 8.60. The molecule has 0 aromatic carbocycles. The molecule has 0 heterocycles. The molecule has 0 aliphatic carbocycles. The Bertz CT molecular complexity index is 1450. The number of allylic oxidation sites excluding steroid dienone is 22. The highest BCUT2D eigenvalue weighted by Gasteiger charge is 2.20. The molecule has 0 bridgehead atoms. The van der Waals surface area contributed by atoms with Crippen LogP contribution in [0.15, 0.2) is 134 Å². The van der Waals surface area contributed by atoms with Crippen LogP contribution in [-0.4, -0.2) is 34.9 Å². The van der Waals surface area contributed by atoms with E-state index in [1.807, 2.05) is 0 Å². The number of amides is 1. The van der Waals surface area contributed by atoms with E-state index in [9.17, 15) is 15.0 Å². The van der Waals surface area contributed by atoms with Crippen LogP contribution in [0.4, 0.5) is 0 Å². The molecule has 0 saturated heterocycles. The van der Waals surface area contributed by atoms with Crippen LogP contribution >= 0.6 is 0 Å². The lowest BCUT2D eigenvalue weighted by Crippen LogP contribution is -2.45. The number of aliphatic hydroxyl groups excluding tert-OH is 2. The molecule has 3 N–H and O–H groups in total. The van der Waals surface area contributed by atoms with E-state index >= 15 is 0 Å². The lowest BCUT2D eigenvalue weighted by molar-refractivity contribution is -0.123. The summed E-state index contributed by atoms with van der Waals surface area (Å²) < 4.78 is 0. The predicted molar refractivity (Wildman–Crippen MR) is 322 cm³/mol. The third-order valence-corrected chi connectivity index (χ3v) is 13.2. The maximum absolute atomic E-state index is 12.5. The van der Waals surface area contributed by atoms with Crippen molar-refractivity contribution in [1.82, 2.24) is 5.32 Å². The largest absolute Gasteiger partial charge is 0.394 e. The van der Waals surface area contributed by atoms with Gasteiger partial charge in [0, 0.05) is 6.42 Å². The highest BCUT2D eigenvalue weighted by Crippen LogP contribution is 2.16. The first-order valence-corrected chi connectivity index (χ1v) is 30.4. The lowest BCUT2D eigenvalue weighted by atomic mass is 10.0.